The number of carbonyl (C=O) groups excluding carboxylic acids is 1. The van der Waals surface area contributed by atoms with Crippen LogP contribution in [0.1, 0.15) is 5.56 Å². The topological polar surface area (TPSA) is 44.8 Å². The minimum absolute atomic E-state index is 0.0919. The predicted molar refractivity (Wildman–Crippen MR) is 89.7 cm³/mol. The number of nitrogens with one attached hydrogen (secondary N) is 1. The highest BCUT2D eigenvalue weighted by atomic mass is 16.5. The summed E-state index contributed by atoms with van der Waals surface area (Å²) < 4.78 is 5.28. The summed E-state index contributed by atoms with van der Waals surface area (Å²) >= 11 is 0. The fourth-order valence-corrected chi connectivity index (χ4v) is 3.57. The van der Waals surface area contributed by atoms with Gasteiger partial charge in [-0.05, 0) is 34.5 Å². The molecule has 2 amide bonds. The van der Waals surface area contributed by atoms with Crippen LogP contribution >= 0.6 is 0 Å². The van der Waals surface area contributed by atoms with Crippen molar-refractivity contribution in [2.24, 2.45) is 0 Å². The number of rotatable bonds is 3. The first-order chi connectivity index (χ1) is 11.2. The third-order valence-electron chi connectivity index (χ3n) is 4.83. The summed E-state index contributed by atoms with van der Waals surface area (Å²) in [4.78, 5) is 16.1. The van der Waals surface area contributed by atoms with Crippen molar-refractivity contribution < 1.29 is 9.53 Å². The maximum atomic E-state index is 11.7. The second kappa shape index (κ2) is 5.74. The van der Waals surface area contributed by atoms with Crippen molar-refractivity contribution in [3.05, 3.63) is 42.0 Å². The van der Waals surface area contributed by atoms with Crippen molar-refractivity contribution in [1.29, 1.82) is 0 Å². The van der Waals surface area contributed by atoms with Gasteiger partial charge >= 0.3 is 6.03 Å². The van der Waals surface area contributed by atoms with Crippen molar-refractivity contribution in [3.63, 3.8) is 0 Å². The predicted octanol–water partition coefficient (Wildman–Crippen LogP) is 2.06. The van der Waals surface area contributed by atoms with Crippen LogP contribution in [0.3, 0.4) is 0 Å². The molecule has 0 aromatic heterocycles. The zero-order valence-corrected chi connectivity index (χ0v) is 13.3. The molecular weight excluding hydrogens is 290 g/mol. The molecule has 1 unspecified atom stereocenters. The Balaban J connectivity index is 1.48. The van der Waals surface area contributed by atoms with Crippen molar-refractivity contribution in [3.8, 4) is 5.75 Å². The molecule has 23 heavy (non-hydrogen) atoms. The largest absolute Gasteiger partial charge is 0.497 e. The Labute approximate surface area is 135 Å². The first kappa shape index (κ1) is 14.3. The van der Waals surface area contributed by atoms with E-state index in [2.05, 4.69) is 40.5 Å². The molecule has 2 aliphatic heterocycles. The van der Waals surface area contributed by atoms with E-state index in [0.717, 1.165) is 38.5 Å². The van der Waals surface area contributed by atoms with Gasteiger partial charge in [-0.1, -0.05) is 18.2 Å². The molecule has 2 heterocycles. The molecule has 1 N–H and O–H groups in total. The summed E-state index contributed by atoms with van der Waals surface area (Å²) in [6, 6.07) is 13.2. The molecule has 0 aliphatic carbocycles. The maximum Gasteiger partial charge on any atom is 0.317 e. The molecule has 5 heteroatoms. The highest BCUT2D eigenvalue weighted by Crippen LogP contribution is 2.23. The van der Waals surface area contributed by atoms with E-state index < -0.39 is 0 Å². The minimum Gasteiger partial charge on any atom is -0.497 e. The van der Waals surface area contributed by atoms with E-state index in [1.165, 1.54) is 16.3 Å². The molecule has 2 aromatic rings. The first-order valence-electron chi connectivity index (χ1n) is 8.06. The first-order valence-corrected chi connectivity index (χ1v) is 8.06. The quantitative estimate of drug-likeness (QED) is 0.944. The summed E-state index contributed by atoms with van der Waals surface area (Å²) in [5.41, 5.74) is 1.31. The van der Waals surface area contributed by atoms with Gasteiger partial charge in [-0.25, -0.2) is 4.79 Å². The van der Waals surface area contributed by atoms with Crippen LogP contribution in [0.15, 0.2) is 36.4 Å². The van der Waals surface area contributed by atoms with Gasteiger partial charge in [-0.15, -0.1) is 0 Å². The molecule has 1 atom stereocenters. The monoisotopic (exact) mass is 311 g/mol. The molecule has 5 nitrogen and oxygen atoms in total. The Morgan fingerprint density at radius 2 is 2.00 bits per heavy atom. The summed E-state index contributed by atoms with van der Waals surface area (Å²) in [5, 5.41) is 5.36. The van der Waals surface area contributed by atoms with E-state index in [9.17, 15) is 4.79 Å². The smallest absolute Gasteiger partial charge is 0.317 e. The Bertz CT molecular complexity index is 746. The fraction of sp³-hybridized carbons (Fsp3) is 0.389. The van der Waals surface area contributed by atoms with Gasteiger partial charge in [0.2, 0.25) is 0 Å². The van der Waals surface area contributed by atoms with Crippen LogP contribution in [0.25, 0.3) is 10.8 Å². The molecule has 2 saturated heterocycles. The number of carbonyl (C=O) groups is 1. The second-order valence-electron chi connectivity index (χ2n) is 6.32. The molecule has 4 rings (SSSR count). The molecule has 2 aromatic carbocycles. The van der Waals surface area contributed by atoms with Gasteiger partial charge in [0, 0.05) is 32.7 Å². The molecule has 0 saturated carbocycles. The summed E-state index contributed by atoms with van der Waals surface area (Å²) in [6.45, 7) is 4.40. The number of hydrogen-bond donors (Lipinski definition) is 1. The zero-order chi connectivity index (χ0) is 15.8. The number of hydrogen-bond acceptors (Lipinski definition) is 3. The summed E-state index contributed by atoms with van der Waals surface area (Å²) in [7, 11) is 1.69. The second-order valence-corrected chi connectivity index (χ2v) is 6.32. The van der Waals surface area contributed by atoms with Crippen molar-refractivity contribution in [2.45, 2.75) is 12.6 Å². The average molecular weight is 311 g/mol. The Hall–Kier alpha value is -2.27. The highest BCUT2D eigenvalue weighted by Gasteiger charge is 2.35. The van der Waals surface area contributed by atoms with Crippen molar-refractivity contribution in [1.82, 2.24) is 15.1 Å². The van der Waals surface area contributed by atoms with Gasteiger partial charge in [0.1, 0.15) is 5.75 Å². The molecule has 0 spiro atoms. The van der Waals surface area contributed by atoms with Gasteiger partial charge in [0.25, 0.3) is 0 Å². The summed E-state index contributed by atoms with van der Waals surface area (Å²) in [6.07, 6.45) is 0. The number of ether oxygens (including phenoxy) is 1. The van der Waals surface area contributed by atoms with Gasteiger partial charge < -0.3 is 15.0 Å². The molecule has 0 bridgehead atoms. The number of methoxy groups -OCH3 is 1. The van der Waals surface area contributed by atoms with Crippen molar-refractivity contribution in [2.75, 3.05) is 33.3 Å². The number of benzene rings is 2. The Morgan fingerprint density at radius 3 is 2.87 bits per heavy atom. The molecule has 0 radical (unpaired) electrons. The molecule has 2 aliphatic rings. The lowest BCUT2D eigenvalue weighted by atomic mass is 10.1. The lowest BCUT2D eigenvalue weighted by molar-refractivity contribution is 0.116. The number of fused-ring (bicyclic) bond motifs is 2. The van der Waals surface area contributed by atoms with E-state index in [-0.39, 0.29) is 6.03 Å². The normalized spacial score (nSPS) is 21.3. The molecule has 2 fully saturated rings. The number of piperazine rings is 1. The van der Waals surface area contributed by atoms with Crippen LogP contribution in [0.5, 0.6) is 5.75 Å². The highest BCUT2D eigenvalue weighted by molar-refractivity contribution is 5.84. The standard InChI is InChI=1S/C18H21N3O2/c1-23-17-5-4-14-8-13(2-3-15(14)9-17)11-20-6-7-21-16(12-20)10-19-18(21)22/h2-5,8-9,16H,6-7,10-12H2,1H3,(H,19,22). The third-order valence-corrected chi connectivity index (χ3v) is 4.83. The van der Waals surface area contributed by atoms with Crippen LogP contribution < -0.4 is 10.1 Å². The summed E-state index contributed by atoms with van der Waals surface area (Å²) in [5.74, 6) is 0.889. The minimum atomic E-state index is 0.0919. The third kappa shape index (κ3) is 2.72. The van der Waals surface area contributed by atoms with E-state index >= 15 is 0 Å². The lowest BCUT2D eigenvalue weighted by Gasteiger charge is -2.36. The number of nitrogens with zero attached hydrogens (tertiary/aromatic N) is 2. The van der Waals surface area contributed by atoms with Crippen LogP contribution in [0.2, 0.25) is 0 Å². The molecule has 120 valence electrons. The van der Waals surface area contributed by atoms with Crippen molar-refractivity contribution >= 4 is 16.8 Å². The average Bonchev–Trinajstić information content (AvgIpc) is 2.95. The SMILES string of the molecule is COc1ccc2cc(CN3CCN4C(=O)NCC4C3)ccc2c1. The van der Waals surface area contributed by atoms with Gasteiger partial charge in [-0.2, -0.15) is 0 Å². The van der Waals surface area contributed by atoms with E-state index in [0.29, 0.717) is 6.04 Å². The van der Waals surface area contributed by atoms with Crippen LogP contribution in [0, 0.1) is 0 Å². The lowest BCUT2D eigenvalue weighted by Crippen LogP contribution is -2.51. The van der Waals surface area contributed by atoms with Crippen LogP contribution in [-0.4, -0.2) is 55.2 Å². The Morgan fingerprint density at radius 1 is 1.17 bits per heavy atom. The van der Waals surface area contributed by atoms with E-state index in [4.69, 9.17) is 4.74 Å². The number of urea groups is 1. The Kier molecular flexibility index (Phi) is 3.58. The molecular formula is C18H21N3O2. The number of amides is 2. The van der Waals surface area contributed by atoms with E-state index in [1.54, 1.807) is 7.11 Å². The fourth-order valence-electron chi connectivity index (χ4n) is 3.57. The van der Waals surface area contributed by atoms with E-state index in [1.807, 2.05) is 11.0 Å². The van der Waals surface area contributed by atoms with Gasteiger partial charge in [0.15, 0.2) is 0 Å². The van der Waals surface area contributed by atoms with Crippen LogP contribution in [0.4, 0.5) is 4.79 Å². The maximum absolute atomic E-state index is 11.7. The van der Waals surface area contributed by atoms with Gasteiger partial charge in [0.05, 0.1) is 13.2 Å². The van der Waals surface area contributed by atoms with Crippen LogP contribution in [-0.2, 0) is 6.54 Å². The zero-order valence-electron chi connectivity index (χ0n) is 13.3. The van der Waals surface area contributed by atoms with Gasteiger partial charge in [-0.3, -0.25) is 4.90 Å².